The molecule has 1 aromatic heterocycles. The zero-order valence-corrected chi connectivity index (χ0v) is 26.2. The number of aromatic nitrogens is 1. The fourth-order valence-corrected chi connectivity index (χ4v) is 5.87. The molecule has 2 aromatic carbocycles. The van der Waals surface area contributed by atoms with Gasteiger partial charge in [0.05, 0.1) is 18.2 Å². The van der Waals surface area contributed by atoms with E-state index >= 15 is 0 Å². The van der Waals surface area contributed by atoms with E-state index in [1.807, 2.05) is 0 Å². The molecule has 1 heterocycles. The third kappa shape index (κ3) is 12.1. The van der Waals surface area contributed by atoms with E-state index in [2.05, 4.69) is 21.4 Å². The summed E-state index contributed by atoms with van der Waals surface area (Å²) >= 11 is 13.4. The summed E-state index contributed by atoms with van der Waals surface area (Å²) in [4.78, 5) is 25.2. The van der Waals surface area contributed by atoms with Crippen LogP contribution in [0, 0.1) is 5.82 Å². The summed E-state index contributed by atoms with van der Waals surface area (Å²) in [5.74, 6) is -1.67. The minimum absolute atomic E-state index is 0.0704. The Hall–Kier alpha value is -2.97. The van der Waals surface area contributed by atoms with Crippen molar-refractivity contribution in [1.29, 1.82) is 0 Å². The number of ether oxygens (including phenoxy) is 2. The maximum atomic E-state index is 14.8. The van der Waals surface area contributed by atoms with Crippen molar-refractivity contribution >= 4 is 62.1 Å². The van der Waals surface area contributed by atoms with Crippen LogP contribution >= 0.6 is 34.5 Å². The predicted octanol–water partition coefficient (Wildman–Crippen LogP) is 6.48. The van der Waals surface area contributed by atoms with Gasteiger partial charge in [-0.25, -0.2) is 17.8 Å². The molecule has 3 rings (SSSR count). The third-order valence-corrected chi connectivity index (χ3v) is 8.20. The number of sulfonamides is 1. The minimum Gasteiger partial charge on any atom is -0.480 e. The zero-order valence-electron chi connectivity index (χ0n) is 23.0. The number of halogens is 3. The molecule has 0 amide bonds. The monoisotopic (exact) mass is 663 g/mol. The molecule has 0 unspecified atom stereocenters. The van der Waals surface area contributed by atoms with Crippen LogP contribution in [0.15, 0.2) is 46.8 Å². The quantitative estimate of drug-likeness (QED) is 0.130. The fraction of sp³-hybridized carbons (Fsp3) is 0.370. The molecule has 0 saturated heterocycles. The van der Waals surface area contributed by atoms with Gasteiger partial charge in [0.15, 0.2) is 5.13 Å². The average Bonchev–Trinajstić information content (AvgIpc) is 3.42. The van der Waals surface area contributed by atoms with Crippen molar-refractivity contribution in [3.8, 4) is 11.5 Å². The molecule has 15 heteroatoms. The van der Waals surface area contributed by atoms with Crippen LogP contribution in [0.1, 0.15) is 38.2 Å². The number of carboxylic acid groups (broad SMARTS) is 1. The first-order valence-corrected chi connectivity index (χ1v) is 15.9. The van der Waals surface area contributed by atoms with Gasteiger partial charge < -0.3 is 14.6 Å². The fourth-order valence-electron chi connectivity index (χ4n) is 3.53. The Morgan fingerprint density at radius 2 is 1.95 bits per heavy atom. The number of nitrogens with one attached hydrogen (secondary N) is 1. The van der Waals surface area contributed by atoms with Gasteiger partial charge in [-0.3, -0.25) is 19.2 Å². The standard InChI is InChI=1S/C21H20Cl2FN3O5S2.C6H12O2/c1-27(12-20(28)29)7-2-3-13-9-14(22)4-5-17(13)32-18-11-16(24)19(10-15(18)23)34(30,31)26-21-25-6-8-33-21;1-2-3-4-5-8-6-7/h4-6,8-11H,2-3,7,12H2,1H3,(H,25,26)(H,28,29);6H,2-5H2,1H3. The van der Waals surface area contributed by atoms with Gasteiger partial charge in [0.25, 0.3) is 16.5 Å². The molecule has 42 heavy (non-hydrogen) atoms. The van der Waals surface area contributed by atoms with Gasteiger partial charge in [-0.1, -0.05) is 43.0 Å². The highest BCUT2D eigenvalue weighted by atomic mass is 35.5. The summed E-state index contributed by atoms with van der Waals surface area (Å²) in [6.45, 7) is 3.63. The maximum absolute atomic E-state index is 14.8. The lowest BCUT2D eigenvalue weighted by atomic mass is 10.1. The van der Waals surface area contributed by atoms with Crippen LogP contribution in [-0.2, 0) is 30.8 Å². The molecule has 0 aliphatic heterocycles. The molecule has 0 bridgehead atoms. The normalized spacial score (nSPS) is 11.0. The molecule has 3 aromatic rings. The summed E-state index contributed by atoms with van der Waals surface area (Å²) in [7, 11) is -2.55. The van der Waals surface area contributed by atoms with Crippen LogP contribution in [0.3, 0.4) is 0 Å². The molecule has 10 nitrogen and oxygen atoms in total. The SMILES string of the molecule is CCCCCOC=O.CN(CCCc1cc(Cl)ccc1Oc1cc(F)c(S(=O)(=O)Nc2nccs2)cc1Cl)CC(=O)O. The Morgan fingerprint density at radius 3 is 2.60 bits per heavy atom. The second kappa shape index (κ2) is 17.9. The second-order valence-electron chi connectivity index (χ2n) is 8.92. The molecule has 0 atom stereocenters. The highest BCUT2D eigenvalue weighted by Crippen LogP contribution is 2.36. The molecule has 0 radical (unpaired) electrons. The smallest absolute Gasteiger partial charge is 0.317 e. The lowest BCUT2D eigenvalue weighted by Gasteiger charge is -2.16. The summed E-state index contributed by atoms with van der Waals surface area (Å²) < 4.78 is 52.3. The number of carbonyl (C=O) groups is 2. The van der Waals surface area contributed by atoms with Gasteiger partial charge >= 0.3 is 5.97 Å². The van der Waals surface area contributed by atoms with Crippen molar-refractivity contribution in [1.82, 2.24) is 9.88 Å². The highest BCUT2D eigenvalue weighted by Gasteiger charge is 2.23. The molecule has 2 N–H and O–H groups in total. The summed E-state index contributed by atoms with van der Waals surface area (Å²) in [5, 5.41) is 10.9. The predicted molar refractivity (Wildman–Crippen MR) is 161 cm³/mol. The molecule has 0 aliphatic rings. The Kier molecular flexibility index (Phi) is 15.0. The van der Waals surface area contributed by atoms with Gasteiger partial charge in [0, 0.05) is 22.7 Å². The van der Waals surface area contributed by atoms with E-state index in [-0.39, 0.29) is 22.4 Å². The first kappa shape index (κ1) is 35.2. The van der Waals surface area contributed by atoms with Crippen LogP contribution in [-0.4, -0.2) is 62.6 Å². The molecule has 0 spiro atoms. The molecule has 0 fully saturated rings. The summed E-state index contributed by atoms with van der Waals surface area (Å²) in [6.07, 6.45) is 5.84. The number of hydrogen-bond donors (Lipinski definition) is 2. The van der Waals surface area contributed by atoms with Crippen molar-refractivity contribution in [2.45, 2.75) is 43.9 Å². The van der Waals surface area contributed by atoms with E-state index in [0.29, 0.717) is 48.8 Å². The van der Waals surface area contributed by atoms with Gasteiger partial charge in [-0.05, 0) is 62.7 Å². The van der Waals surface area contributed by atoms with Gasteiger partial charge in [0.1, 0.15) is 22.2 Å². The van der Waals surface area contributed by atoms with Gasteiger partial charge in [0.2, 0.25) is 0 Å². The van der Waals surface area contributed by atoms with E-state index in [1.165, 1.54) is 12.6 Å². The molecule has 0 saturated carbocycles. The number of nitrogens with zero attached hydrogens (tertiary/aromatic N) is 2. The van der Waals surface area contributed by atoms with Crippen molar-refractivity contribution in [3.05, 3.63) is 63.3 Å². The number of likely N-dealkylation sites (N-methyl/N-ethyl adjacent to an activating group) is 1. The zero-order chi connectivity index (χ0) is 31.1. The average molecular weight is 665 g/mol. The second-order valence-corrected chi connectivity index (χ2v) is 12.3. The first-order valence-electron chi connectivity index (χ1n) is 12.8. The van der Waals surface area contributed by atoms with E-state index in [4.69, 9.17) is 33.0 Å². The van der Waals surface area contributed by atoms with Crippen molar-refractivity contribution in [3.63, 3.8) is 0 Å². The molecule has 0 aliphatic carbocycles. The lowest BCUT2D eigenvalue weighted by molar-refractivity contribution is -0.138. The Morgan fingerprint density at radius 1 is 1.19 bits per heavy atom. The highest BCUT2D eigenvalue weighted by molar-refractivity contribution is 7.93. The van der Waals surface area contributed by atoms with Crippen LogP contribution < -0.4 is 9.46 Å². The van der Waals surface area contributed by atoms with E-state index in [9.17, 15) is 22.4 Å². The Balaban J connectivity index is 0.000000675. The molecular formula is C27H32Cl2FN3O7S2. The Labute approximate surface area is 258 Å². The number of anilines is 1. The number of thiazole rings is 1. The van der Waals surface area contributed by atoms with Crippen molar-refractivity contribution < 1.29 is 37.0 Å². The number of hydrogen-bond acceptors (Lipinski definition) is 9. The first-order chi connectivity index (χ1) is 20.0. The van der Waals surface area contributed by atoms with Crippen LogP contribution in [0.25, 0.3) is 0 Å². The van der Waals surface area contributed by atoms with E-state index < -0.39 is 26.7 Å². The number of carboxylic acids is 1. The molecule has 230 valence electrons. The number of rotatable bonds is 16. The Bertz CT molecular complexity index is 1410. The third-order valence-electron chi connectivity index (χ3n) is 5.50. The van der Waals surface area contributed by atoms with Crippen LogP contribution in [0.5, 0.6) is 11.5 Å². The van der Waals surface area contributed by atoms with Crippen LogP contribution in [0.4, 0.5) is 9.52 Å². The number of aliphatic carboxylic acids is 1. The summed E-state index contributed by atoms with van der Waals surface area (Å²) in [5.41, 5.74) is 0.704. The van der Waals surface area contributed by atoms with Crippen molar-refractivity contribution in [2.24, 2.45) is 0 Å². The van der Waals surface area contributed by atoms with E-state index in [1.54, 1.807) is 35.5 Å². The number of carbonyl (C=O) groups excluding carboxylic acids is 1. The van der Waals surface area contributed by atoms with Crippen molar-refractivity contribution in [2.75, 3.05) is 31.5 Å². The number of unbranched alkanes of at least 4 members (excludes halogenated alkanes) is 2. The largest absolute Gasteiger partial charge is 0.480 e. The minimum atomic E-state index is -4.25. The van der Waals surface area contributed by atoms with Crippen LogP contribution in [0.2, 0.25) is 10.0 Å². The van der Waals surface area contributed by atoms with E-state index in [0.717, 1.165) is 36.3 Å². The topological polar surface area (TPSA) is 135 Å². The van der Waals surface area contributed by atoms with Gasteiger partial charge in [-0.15, -0.1) is 11.3 Å². The maximum Gasteiger partial charge on any atom is 0.317 e. The number of aryl methyl sites for hydroxylation is 1. The summed E-state index contributed by atoms with van der Waals surface area (Å²) in [6, 6.07) is 6.75. The van der Waals surface area contributed by atoms with Gasteiger partial charge in [-0.2, -0.15) is 0 Å². The lowest BCUT2D eigenvalue weighted by Crippen LogP contribution is -2.26. The molecular weight excluding hydrogens is 632 g/mol. The number of benzene rings is 2.